The summed E-state index contributed by atoms with van der Waals surface area (Å²) < 4.78 is 10.5. The number of benzene rings is 1. The zero-order valence-electron chi connectivity index (χ0n) is 11.1. The van der Waals surface area contributed by atoms with E-state index >= 15 is 0 Å². The molecule has 1 aliphatic rings. The monoisotopic (exact) mass is 264 g/mol. The first-order valence-corrected chi connectivity index (χ1v) is 6.63. The third-order valence-corrected chi connectivity index (χ3v) is 3.11. The zero-order chi connectivity index (χ0) is 13.7. The Morgan fingerprint density at radius 2 is 2.42 bits per heavy atom. The molecule has 1 aromatic rings. The average Bonchev–Trinajstić information content (AvgIpc) is 2.91. The maximum Gasteiger partial charge on any atom is 0.340 e. The van der Waals surface area contributed by atoms with Crippen LogP contribution < -0.4 is 11.1 Å². The van der Waals surface area contributed by atoms with Gasteiger partial charge in [-0.1, -0.05) is 0 Å². The van der Waals surface area contributed by atoms with Crippen molar-refractivity contribution in [1.29, 1.82) is 0 Å². The first-order chi connectivity index (χ1) is 9.20. The molecule has 19 heavy (non-hydrogen) atoms. The van der Waals surface area contributed by atoms with Gasteiger partial charge in [-0.15, -0.1) is 0 Å². The molecule has 0 bridgehead atoms. The fourth-order valence-electron chi connectivity index (χ4n) is 2.09. The lowest BCUT2D eigenvalue weighted by molar-refractivity contribution is 0.0527. The van der Waals surface area contributed by atoms with Crippen LogP contribution in [0.1, 0.15) is 30.1 Å². The van der Waals surface area contributed by atoms with Gasteiger partial charge in [-0.3, -0.25) is 0 Å². The Labute approximate surface area is 113 Å². The predicted molar refractivity (Wildman–Crippen MR) is 74.3 cm³/mol. The molecule has 1 heterocycles. The van der Waals surface area contributed by atoms with Crippen molar-refractivity contribution in [3.8, 4) is 0 Å². The van der Waals surface area contributed by atoms with Gasteiger partial charge in [0, 0.05) is 24.5 Å². The van der Waals surface area contributed by atoms with Crippen molar-refractivity contribution >= 4 is 17.3 Å². The number of ether oxygens (including phenoxy) is 2. The molecule has 0 spiro atoms. The summed E-state index contributed by atoms with van der Waals surface area (Å²) in [6.45, 7) is 3.69. The maximum atomic E-state index is 11.7. The van der Waals surface area contributed by atoms with E-state index in [1.54, 1.807) is 19.1 Å². The fourth-order valence-corrected chi connectivity index (χ4v) is 2.09. The van der Waals surface area contributed by atoms with E-state index in [0.717, 1.165) is 31.7 Å². The molecule has 104 valence electrons. The third-order valence-electron chi connectivity index (χ3n) is 3.11. The fraction of sp³-hybridized carbons (Fsp3) is 0.500. The molecular formula is C14H20N2O3. The van der Waals surface area contributed by atoms with Crippen molar-refractivity contribution in [3.63, 3.8) is 0 Å². The van der Waals surface area contributed by atoms with Gasteiger partial charge in [0.05, 0.1) is 18.3 Å². The highest BCUT2D eigenvalue weighted by atomic mass is 16.5. The Balaban J connectivity index is 2.00. The van der Waals surface area contributed by atoms with Crippen molar-refractivity contribution in [1.82, 2.24) is 0 Å². The summed E-state index contributed by atoms with van der Waals surface area (Å²) in [6.07, 6.45) is 2.44. The molecule has 5 heteroatoms. The smallest absolute Gasteiger partial charge is 0.340 e. The highest BCUT2D eigenvalue weighted by molar-refractivity contribution is 5.96. The Kier molecular flexibility index (Phi) is 4.63. The van der Waals surface area contributed by atoms with Gasteiger partial charge in [0.15, 0.2) is 0 Å². The number of rotatable bonds is 5. The van der Waals surface area contributed by atoms with Crippen molar-refractivity contribution in [2.75, 3.05) is 30.8 Å². The summed E-state index contributed by atoms with van der Waals surface area (Å²) in [5, 5.41) is 3.26. The first-order valence-electron chi connectivity index (χ1n) is 6.63. The van der Waals surface area contributed by atoms with Crippen LogP contribution in [0.25, 0.3) is 0 Å². The minimum Gasteiger partial charge on any atom is -0.462 e. The van der Waals surface area contributed by atoms with Crippen LogP contribution in [0.4, 0.5) is 11.4 Å². The molecule has 1 atom stereocenters. The Morgan fingerprint density at radius 3 is 3.11 bits per heavy atom. The van der Waals surface area contributed by atoms with Gasteiger partial charge in [-0.25, -0.2) is 4.79 Å². The quantitative estimate of drug-likeness (QED) is 0.629. The van der Waals surface area contributed by atoms with Gasteiger partial charge in [0.1, 0.15) is 0 Å². The van der Waals surface area contributed by atoms with E-state index in [-0.39, 0.29) is 12.1 Å². The summed E-state index contributed by atoms with van der Waals surface area (Å²) in [7, 11) is 0. The van der Waals surface area contributed by atoms with Crippen LogP contribution in [0.2, 0.25) is 0 Å². The number of hydrogen-bond donors (Lipinski definition) is 2. The van der Waals surface area contributed by atoms with Gasteiger partial charge in [0.2, 0.25) is 0 Å². The summed E-state index contributed by atoms with van der Waals surface area (Å²) in [5.74, 6) is -0.388. The number of anilines is 2. The molecule has 3 N–H and O–H groups in total. The molecule has 0 aromatic heterocycles. The first kappa shape index (κ1) is 13.7. The van der Waals surface area contributed by atoms with Crippen molar-refractivity contribution in [3.05, 3.63) is 23.8 Å². The third kappa shape index (κ3) is 3.61. The molecule has 0 saturated carbocycles. The van der Waals surface area contributed by atoms with Crippen molar-refractivity contribution in [2.45, 2.75) is 25.9 Å². The lowest BCUT2D eigenvalue weighted by atomic mass is 10.1. The molecule has 0 radical (unpaired) electrons. The number of nitrogens with one attached hydrogen (secondary N) is 1. The number of hydrogen-bond acceptors (Lipinski definition) is 5. The van der Waals surface area contributed by atoms with Gasteiger partial charge in [-0.05, 0) is 38.0 Å². The highest BCUT2D eigenvalue weighted by Crippen LogP contribution is 2.20. The standard InChI is InChI=1S/C14H20N2O3/c1-2-18-14(17)12-8-10(5-6-13(12)15)16-9-11-4-3-7-19-11/h5-6,8,11,16H,2-4,7,9,15H2,1H3. The van der Waals surface area contributed by atoms with Gasteiger partial charge in [0.25, 0.3) is 0 Å². The molecule has 5 nitrogen and oxygen atoms in total. The minimum absolute atomic E-state index is 0.253. The predicted octanol–water partition coefficient (Wildman–Crippen LogP) is 2.04. The van der Waals surface area contributed by atoms with Gasteiger partial charge in [-0.2, -0.15) is 0 Å². The molecule has 1 fully saturated rings. The van der Waals surface area contributed by atoms with E-state index in [1.165, 1.54) is 0 Å². The van der Waals surface area contributed by atoms with Crippen LogP contribution in [0.15, 0.2) is 18.2 Å². The van der Waals surface area contributed by atoms with Crippen molar-refractivity contribution < 1.29 is 14.3 Å². The lowest BCUT2D eigenvalue weighted by Crippen LogP contribution is -2.18. The summed E-state index contributed by atoms with van der Waals surface area (Å²) >= 11 is 0. The summed E-state index contributed by atoms with van der Waals surface area (Å²) in [6, 6.07) is 5.29. The number of carbonyl (C=O) groups excluding carboxylic acids is 1. The van der Waals surface area contributed by atoms with Crippen LogP contribution in [0.5, 0.6) is 0 Å². The van der Waals surface area contributed by atoms with E-state index < -0.39 is 0 Å². The molecule has 2 rings (SSSR count). The van der Waals surface area contributed by atoms with Gasteiger partial charge < -0.3 is 20.5 Å². The highest BCUT2D eigenvalue weighted by Gasteiger charge is 2.16. The maximum absolute atomic E-state index is 11.7. The molecule has 1 saturated heterocycles. The minimum atomic E-state index is -0.388. The Hall–Kier alpha value is -1.75. The largest absolute Gasteiger partial charge is 0.462 e. The topological polar surface area (TPSA) is 73.6 Å². The molecule has 1 aliphatic heterocycles. The molecule has 0 amide bonds. The number of nitrogens with two attached hydrogens (primary N) is 1. The van der Waals surface area contributed by atoms with E-state index in [1.807, 2.05) is 6.07 Å². The number of carbonyl (C=O) groups is 1. The summed E-state index contributed by atoms with van der Waals surface area (Å²) in [4.78, 5) is 11.7. The average molecular weight is 264 g/mol. The van der Waals surface area contributed by atoms with Crippen LogP contribution >= 0.6 is 0 Å². The van der Waals surface area contributed by atoms with Crippen LogP contribution in [-0.2, 0) is 9.47 Å². The normalized spacial score (nSPS) is 18.3. The second-order valence-electron chi connectivity index (χ2n) is 4.54. The van der Waals surface area contributed by atoms with E-state index in [9.17, 15) is 4.79 Å². The van der Waals surface area contributed by atoms with Crippen LogP contribution in [-0.4, -0.2) is 31.8 Å². The van der Waals surface area contributed by atoms with Crippen LogP contribution in [0.3, 0.4) is 0 Å². The lowest BCUT2D eigenvalue weighted by Gasteiger charge is -2.13. The molecular weight excluding hydrogens is 244 g/mol. The Morgan fingerprint density at radius 1 is 1.58 bits per heavy atom. The van der Waals surface area contributed by atoms with E-state index in [0.29, 0.717) is 17.9 Å². The molecule has 1 unspecified atom stereocenters. The number of nitrogen functional groups attached to an aromatic ring is 1. The number of esters is 1. The SMILES string of the molecule is CCOC(=O)c1cc(NCC2CCCO2)ccc1N. The van der Waals surface area contributed by atoms with Crippen molar-refractivity contribution in [2.24, 2.45) is 0 Å². The van der Waals surface area contributed by atoms with Gasteiger partial charge >= 0.3 is 5.97 Å². The van der Waals surface area contributed by atoms with E-state index in [4.69, 9.17) is 15.2 Å². The second kappa shape index (κ2) is 6.43. The second-order valence-corrected chi connectivity index (χ2v) is 4.54. The molecule has 1 aromatic carbocycles. The summed E-state index contributed by atoms with van der Waals surface area (Å²) in [5.41, 5.74) is 7.47. The molecule has 0 aliphatic carbocycles. The zero-order valence-corrected chi connectivity index (χ0v) is 11.1. The Bertz CT molecular complexity index is 442. The van der Waals surface area contributed by atoms with Crippen LogP contribution in [0, 0.1) is 0 Å². The van der Waals surface area contributed by atoms with E-state index in [2.05, 4.69) is 5.32 Å².